The first kappa shape index (κ1) is 13.1. The summed E-state index contributed by atoms with van der Waals surface area (Å²) in [5.74, 6) is -0.963. The maximum absolute atomic E-state index is 11.4. The van der Waals surface area contributed by atoms with Crippen LogP contribution in [0.5, 0.6) is 0 Å². The van der Waals surface area contributed by atoms with E-state index in [0.29, 0.717) is 8.60 Å². The number of hydrogen-bond acceptors (Lipinski definition) is 4. The standard InChI is InChI=1S/C11H7IN2O3S/c12-8-9(15)13-5-14-10(8)18-7-3-1-6(2-4-7)11(16)17/h1-5H,(H,16,17)(H,13,14,15). The molecule has 1 aromatic carbocycles. The molecule has 1 aromatic heterocycles. The van der Waals surface area contributed by atoms with Gasteiger partial charge in [-0.05, 0) is 46.9 Å². The number of halogens is 1. The first-order valence-electron chi connectivity index (χ1n) is 4.82. The van der Waals surface area contributed by atoms with E-state index >= 15 is 0 Å². The van der Waals surface area contributed by atoms with Crippen molar-refractivity contribution < 1.29 is 9.90 Å². The lowest BCUT2D eigenvalue weighted by atomic mass is 10.2. The van der Waals surface area contributed by atoms with E-state index in [1.807, 2.05) is 22.6 Å². The fourth-order valence-corrected chi connectivity index (χ4v) is 2.62. The normalized spacial score (nSPS) is 10.3. The maximum atomic E-state index is 11.4. The second-order valence-corrected chi connectivity index (χ2v) is 5.42. The first-order chi connectivity index (χ1) is 8.58. The lowest BCUT2D eigenvalue weighted by molar-refractivity contribution is 0.0697. The van der Waals surface area contributed by atoms with E-state index in [1.54, 1.807) is 12.1 Å². The number of hydrogen-bond donors (Lipinski definition) is 2. The molecule has 5 nitrogen and oxygen atoms in total. The summed E-state index contributed by atoms with van der Waals surface area (Å²) in [4.78, 5) is 29.5. The molecule has 0 radical (unpaired) electrons. The van der Waals surface area contributed by atoms with Crippen LogP contribution in [0.4, 0.5) is 0 Å². The Morgan fingerprint density at radius 3 is 2.61 bits per heavy atom. The van der Waals surface area contributed by atoms with Gasteiger partial charge in [-0.2, -0.15) is 0 Å². The van der Waals surface area contributed by atoms with Crippen LogP contribution in [0.2, 0.25) is 0 Å². The average Bonchev–Trinajstić information content (AvgIpc) is 2.36. The second-order valence-electron chi connectivity index (χ2n) is 3.28. The molecule has 0 aliphatic rings. The highest BCUT2D eigenvalue weighted by atomic mass is 127. The van der Waals surface area contributed by atoms with Crippen molar-refractivity contribution in [3.8, 4) is 0 Å². The van der Waals surface area contributed by atoms with Crippen LogP contribution in [0, 0.1) is 3.57 Å². The number of nitrogens with zero attached hydrogens (tertiary/aromatic N) is 1. The van der Waals surface area contributed by atoms with Crippen molar-refractivity contribution in [2.24, 2.45) is 0 Å². The summed E-state index contributed by atoms with van der Waals surface area (Å²) < 4.78 is 0.516. The SMILES string of the molecule is O=C(O)c1ccc(Sc2nc[nH]c(=O)c2I)cc1. The summed E-state index contributed by atoms with van der Waals surface area (Å²) in [5.41, 5.74) is 0.0446. The van der Waals surface area contributed by atoms with Crippen molar-refractivity contribution in [3.63, 3.8) is 0 Å². The smallest absolute Gasteiger partial charge is 0.335 e. The lowest BCUT2D eigenvalue weighted by Crippen LogP contribution is -2.10. The zero-order valence-corrected chi connectivity index (χ0v) is 11.9. The number of aromatic nitrogens is 2. The third-order valence-corrected chi connectivity index (χ3v) is 4.46. The number of aromatic amines is 1. The summed E-state index contributed by atoms with van der Waals surface area (Å²) in [7, 11) is 0. The molecule has 2 rings (SSSR count). The van der Waals surface area contributed by atoms with Gasteiger partial charge in [0, 0.05) is 4.90 Å². The molecule has 92 valence electrons. The molecular formula is C11H7IN2O3S. The Kier molecular flexibility index (Phi) is 4.02. The van der Waals surface area contributed by atoms with E-state index in [1.165, 1.54) is 30.2 Å². The predicted molar refractivity (Wildman–Crippen MR) is 75.1 cm³/mol. The first-order valence-corrected chi connectivity index (χ1v) is 6.72. The minimum absolute atomic E-state index is 0.185. The van der Waals surface area contributed by atoms with Gasteiger partial charge in [-0.15, -0.1) is 0 Å². The number of nitrogens with one attached hydrogen (secondary N) is 1. The van der Waals surface area contributed by atoms with Gasteiger partial charge in [-0.3, -0.25) is 4.79 Å². The van der Waals surface area contributed by atoms with E-state index < -0.39 is 5.97 Å². The number of benzene rings is 1. The fraction of sp³-hybridized carbons (Fsp3) is 0. The average molecular weight is 374 g/mol. The quantitative estimate of drug-likeness (QED) is 0.636. The van der Waals surface area contributed by atoms with Crippen molar-refractivity contribution in [2.75, 3.05) is 0 Å². The number of aromatic carboxylic acids is 1. The van der Waals surface area contributed by atoms with E-state index in [-0.39, 0.29) is 11.1 Å². The minimum Gasteiger partial charge on any atom is -0.478 e. The number of H-pyrrole nitrogens is 1. The van der Waals surface area contributed by atoms with Gasteiger partial charge in [0.15, 0.2) is 0 Å². The summed E-state index contributed by atoms with van der Waals surface area (Å²) in [6.07, 6.45) is 1.35. The van der Waals surface area contributed by atoms with Gasteiger partial charge in [0.05, 0.1) is 11.9 Å². The Hall–Kier alpha value is -1.35. The molecule has 0 saturated carbocycles. The molecule has 0 saturated heterocycles. The van der Waals surface area contributed by atoms with Crippen molar-refractivity contribution in [1.82, 2.24) is 9.97 Å². The highest BCUT2D eigenvalue weighted by molar-refractivity contribution is 14.1. The highest BCUT2D eigenvalue weighted by Crippen LogP contribution is 2.27. The topological polar surface area (TPSA) is 83.0 Å². The van der Waals surface area contributed by atoms with Gasteiger partial charge in [-0.25, -0.2) is 9.78 Å². The van der Waals surface area contributed by atoms with Crippen LogP contribution in [0.15, 0.2) is 45.3 Å². The molecule has 2 N–H and O–H groups in total. The van der Waals surface area contributed by atoms with Crippen molar-refractivity contribution in [3.05, 3.63) is 50.1 Å². The molecule has 7 heteroatoms. The summed E-state index contributed by atoms with van der Waals surface area (Å²) in [6.45, 7) is 0. The Morgan fingerprint density at radius 1 is 1.33 bits per heavy atom. The van der Waals surface area contributed by atoms with E-state index in [9.17, 15) is 9.59 Å². The molecule has 0 fully saturated rings. The fourth-order valence-electron chi connectivity index (χ4n) is 1.22. The molecule has 0 aliphatic heterocycles. The highest BCUT2D eigenvalue weighted by Gasteiger charge is 2.08. The largest absolute Gasteiger partial charge is 0.478 e. The monoisotopic (exact) mass is 374 g/mol. The molecule has 1 heterocycles. The molecule has 18 heavy (non-hydrogen) atoms. The summed E-state index contributed by atoms with van der Waals surface area (Å²) in [6, 6.07) is 6.41. The Morgan fingerprint density at radius 2 is 2.00 bits per heavy atom. The van der Waals surface area contributed by atoms with Crippen LogP contribution >= 0.6 is 34.4 Å². The molecule has 0 spiro atoms. The van der Waals surface area contributed by atoms with Crippen LogP contribution in [0.1, 0.15) is 10.4 Å². The zero-order chi connectivity index (χ0) is 13.1. The molecule has 0 bridgehead atoms. The van der Waals surface area contributed by atoms with Gasteiger partial charge in [0.2, 0.25) is 0 Å². The third-order valence-electron chi connectivity index (χ3n) is 2.08. The lowest BCUT2D eigenvalue weighted by Gasteiger charge is -2.02. The van der Waals surface area contributed by atoms with Gasteiger partial charge in [-0.1, -0.05) is 11.8 Å². The van der Waals surface area contributed by atoms with Gasteiger partial charge in [0.1, 0.15) is 8.60 Å². The molecule has 0 atom stereocenters. The number of carbonyl (C=O) groups is 1. The number of rotatable bonds is 3. The second kappa shape index (κ2) is 5.53. The molecule has 2 aromatic rings. The maximum Gasteiger partial charge on any atom is 0.335 e. The van der Waals surface area contributed by atoms with Gasteiger partial charge in [0.25, 0.3) is 5.56 Å². The van der Waals surface area contributed by atoms with Gasteiger partial charge < -0.3 is 10.1 Å². The van der Waals surface area contributed by atoms with Gasteiger partial charge >= 0.3 is 5.97 Å². The van der Waals surface area contributed by atoms with Crippen molar-refractivity contribution >= 4 is 40.3 Å². The third kappa shape index (κ3) is 2.91. The van der Waals surface area contributed by atoms with Crippen molar-refractivity contribution in [1.29, 1.82) is 0 Å². The van der Waals surface area contributed by atoms with Crippen LogP contribution in [0.3, 0.4) is 0 Å². The Labute approximate surface area is 120 Å². The van der Waals surface area contributed by atoms with E-state index in [2.05, 4.69) is 9.97 Å². The van der Waals surface area contributed by atoms with Crippen molar-refractivity contribution in [2.45, 2.75) is 9.92 Å². The van der Waals surface area contributed by atoms with Crippen LogP contribution < -0.4 is 5.56 Å². The summed E-state index contributed by atoms with van der Waals surface area (Å²) in [5, 5.41) is 9.38. The Balaban J connectivity index is 2.26. The molecule has 0 unspecified atom stereocenters. The summed E-state index contributed by atoms with van der Waals surface area (Å²) >= 11 is 3.25. The van der Waals surface area contributed by atoms with Crippen LogP contribution in [0.25, 0.3) is 0 Å². The van der Waals surface area contributed by atoms with Crippen LogP contribution in [-0.2, 0) is 0 Å². The number of carboxylic acids is 1. The Bertz CT molecular complexity index is 639. The molecular weight excluding hydrogens is 367 g/mol. The van der Waals surface area contributed by atoms with E-state index in [4.69, 9.17) is 5.11 Å². The number of carboxylic acid groups (broad SMARTS) is 1. The van der Waals surface area contributed by atoms with Crippen LogP contribution in [-0.4, -0.2) is 21.0 Å². The molecule has 0 amide bonds. The zero-order valence-electron chi connectivity index (χ0n) is 8.88. The molecule has 0 aliphatic carbocycles. The minimum atomic E-state index is -0.963. The van der Waals surface area contributed by atoms with E-state index in [0.717, 1.165) is 4.90 Å². The predicted octanol–water partition coefficient (Wildman–Crippen LogP) is 2.22.